The van der Waals surface area contributed by atoms with Crippen LogP contribution in [0.15, 0.2) is 152 Å². The van der Waals surface area contributed by atoms with Crippen molar-refractivity contribution in [2.45, 2.75) is 12.3 Å². The summed E-state index contributed by atoms with van der Waals surface area (Å²) in [5, 5.41) is 2.47. The van der Waals surface area contributed by atoms with Crippen molar-refractivity contribution in [2.24, 2.45) is 0 Å². The number of hydrogen-bond acceptors (Lipinski definition) is 3. The molecular formula is C41H28N4. The predicted octanol–water partition coefficient (Wildman–Crippen LogP) is 9.64. The molecule has 6 aromatic carbocycles. The summed E-state index contributed by atoms with van der Waals surface area (Å²) in [6, 6.07) is 53.2. The molecule has 0 fully saturated rings. The third kappa shape index (κ3) is 3.82. The van der Waals surface area contributed by atoms with E-state index in [1.54, 1.807) is 0 Å². The Kier molecular flexibility index (Phi) is 5.59. The molecule has 2 heterocycles. The van der Waals surface area contributed by atoms with Gasteiger partial charge >= 0.3 is 0 Å². The first-order valence-corrected chi connectivity index (χ1v) is 15.3. The third-order valence-corrected chi connectivity index (χ3v) is 9.27. The van der Waals surface area contributed by atoms with E-state index in [9.17, 15) is 0 Å². The number of aromatic nitrogens is 4. The van der Waals surface area contributed by atoms with Crippen LogP contribution in [0.1, 0.15) is 23.9 Å². The lowest BCUT2D eigenvalue weighted by molar-refractivity contribution is 0.648. The molecule has 8 aromatic rings. The lowest BCUT2D eigenvalue weighted by Crippen LogP contribution is -2.26. The molecule has 1 aliphatic carbocycles. The van der Waals surface area contributed by atoms with Gasteiger partial charge < -0.3 is 4.57 Å². The molecule has 1 aliphatic rings. The van der Waals surface area contributed by atoms with E-state index in [1.165, 1.54) is 44.1 Å². The summed E-state index contributed by atoms with van der Waals surface area (Å²) in [5.41, 5.74) is 9.65. The van der Waals surface area contributed by atoms with Crippen LogP contribution >= 0.6 is 0 Å². The smallest absolute Gasteiger partial charge is 0.163 e. The van der Waals surface area contributed by atoms with Crippen LogP contribution in [-0.4, -0.2) is 19.5 Å². The van der Waals surface area contributed by atoms with Gasteiger partial charge in [0, 0.05) is 27.6 Å². The van der Waals surface area contributed by atoms with Crippen LogP contribution in [0.3, 0.4) is 0 Å². The molecule has 0 spiro atoms. The highest BCUT2D eigenvalue weighted by Crippen LogP contribution is 2.53. The van der Waals surface area contributed by atoms with Gasteiger partial charge in [0.2, 0.25) is 0 Å². The molecule has 0 bridgehead atoms. The molecule has 1 atom stereocenters. The molecule has 9 rings (SSSR count). The van der Waals surface area contributed by atoms with E-state index in [2.05, 4.69) is 127 Å². The first kappa shape index (κ1) is 25.6. The van der Waals surface area contributed by atoms with Crippen LogP contribution < -0.4 is 0 Å². The predicted molar refractivity (Wildman–Crippen MR) is 182 cm³/mol. The Bertz CT molecular complexity index is 2320. The van der Waals surface area contributed by atoms with Gasteiger partial charge in [-0.05, 0) is 59.5 Å². The molecule has 45 heavy (non-hydrogen) atoms. The van der Waals surface area contributed by atoms with E-state index in [0.29, 0.717) is 11.6 Å². The number of rotatable bonds is 4. The molecule has 2 aromatic heterocycles. The van der Waals surface area contributed by atoms with Crippen LogP contribution in [-0.2, 0) is 5.41 Å². The lowest BCUT2D eigenvalue weighted by atomic mass is 9.79. The number of para-hydroxylation sites is 2. The van der Waals surface area contributed by atoms with Gasteiger partial charge in [-0.1, -0.05) is 121 Å². The second kappa shape index (κ2) is 9.83. The third-order valence-electron chi connectivity index (χ3n) is 9.27. The Hall–Kier alpha value is -5.87. The van der Waals surface area contributed by atoms with Crippen LogP contribution in [0.2, 0.25) is 0 Å². The van der Waals surface area contributed by atoms with Crippen molar-refractivity contribution in [1.82, 2.24) is 19.5 Å². The Morgan fingerprint density at radius 2 is 1.04 bits per heavy atom. The maximum atomic E-state index is 5.26. The molecule has 0 radical (unpaired) electrons. The van der Waals surface area contributed by atoms with Gasteiger partial charge in [0.25, 0.3) is 0 Å². The molecule has 0 saturated carbocycles. The van der Waals surface area contributed by atoms with Crippen molar-refractivity contribution < 1.29 is 0 Å². The summed E-state index contributed by atoms with van der Waals surface area (Å²) in [7, 11) is 0. The van der Waals surface area contributed by atoms with Gasteiger partial charge in [-0.2, -0.15) is 0 Å². The average Bonchev–Trinajstić information content (AvgIpc) is 3.58. The highest BCUT2D eigenvalue weighted by molar-refractivity contribution is 6.11. The van der Waals surface area contributed by atoms with E-state index in [4.69, 9.17) is 15.0 Å². The van der Waals surface area contributed by atoms with Crippen molar-refractivity contribution in [3.63, 3.8) is 0 Å². The van der Waals surface area contributed by atoms with E-state index in [0.717, 1.165) is 22.6 Å². The number of hydrogen-bond donors (Lipinski definition) is 0. The molecule has 212 valence electrons. The number of benzene rings is 6. The lowest BCUT2D eigenvalue weighted by Gasteiger charge is -2.27. The average molecular weight is 577 g/mol. The molecule has 4 nitrogen and oxygen atoms in total. The SMILES string of the molecule is CC1(c2nc(-c3ccccc3)nc(-c3ccccc3)n2)c2ccccc2-c2cc3c4ccccc4n(-c4ccccc4)c3cc21. The fraction of sp³-hybridized carbons (Fsp3) is 0.0488. The highest BCUT2D eigenvalue weighted by atomic mass is 15.0. The van der Waals surface area contributed by atoms with Gasteiger partial charge in [0.05, 0.1) is 16.4 Å². The molecular weight excluding hydrogens is 548 g/mol. The van der Waals surface area contributed by atoms with Crippen molar-refractivity contribution in [2.75, 3.05) is 0 Å². The first-order chi connectivity index (χ1) is 22.2. The van der Waals surface area contributed by atoms with Crippen LogP contribution in [0.4, 0.5) is 0 Å². The summed E-state index contributed by atoms with van der Waals surface area (Å²) in [5.74, 6) is 2.08. The van der Waals surface area contributed by atoms with Crippen molar-refractivity contribution in [3.05, 3.63) is 169 Å². The minimum atomic E-state index is -0.617. The minimum Gasteiger partial charge on any atom is -0.309 e. The monoisotopic (exact) mass is 576 g/mol. The standard InChI is InChI=1S/C41H28N4/c1-41(40-43-38(27-15-5-2-6-16-27)42-39(44-40)28-17-7-3-8-18-28)34-23-13-11-21-30(34)32-25-33-31-22-12-14-24-36(31)45(37(33)26-35(32)41)29-19-9-4-10-20-29/h2-26H,1H3. The molecule has 0 N–H and O–H groups in total. The number of nitrogens with zero attached hydrogens (tertiary/aromatic N) is 4. The Balaban J connectivity index is 1.37. The molecule has 1 unspecified atom stereocenters. The Morgan fingerprint density at radius 1 is 0.467 bits per heavy atom. The van der Waals surface area contributed by atoms with E-state index in [1.807, 2.05) is 36.4 Å². The summed E-state index contributed by atoms with van der Waals surface area (Å²) in [6.45, 7) is 2.28. The van der Waals surface area contributed by atoms with Crippen LogP contribution in [0.25, 0.3) is 61.4 Å². The van der Waals surface area contributed by atoms with Gasteiger partial charge in [0.15, 0.2) is 11.6 Å². The Labute approximate surface area is 261 Å². The normalized spacial score (nSPS) is 15.3. The highest BCUT2D eigenvalue weighted by Gasteiger charge is 2.44. The van der Waals surface area contributed by atoms with Crippen LogP contribution in [0.5, 0.6) is 0 Å². The van der Waals surface area contributed by atoms with Gasteiger partial charge in [-0.15, -0.1) is 0 Å². The fourth-order valence-electron chi connectivity index (χ4n) is 7.08. The summed E-state index contributed by atoms with van der Waals surface area (Å²) >= 11 is 0. The molecule has 0 saturated heterocycles. The topological polar surface area (TPSA) is 43.6 Å². The first-order valence-electron chi connectivity index (χ1n) is 15.3. The molecule has 4 heteroatoms. The second-order valence-electron chi connectivity index (χ2n) is 11.8. The summed E-state index contributed by atoms with van der Waals surface area (Å²) < 4.78 is 2.38. The van der Waals surface area contributed by atoms with E-state index >= 15 is 0 Å². The van der Waals surface area contributed by atoms with Crippen molar-refractivity contribution in [1.29, 1.82) is 0 Å². The van der Waals surface area contributed by atoms with E-state index in [-0.39, 0.29) is 0 Å². The maximum absolute atomic E-state index is 5.26. The van der Waals surface area contributed by atoms with Gasteiger partial charge in [-0.3, -0.25) is 0 Å². The van der Waals surface area contributed by atoms with Gasteiger partial charge in [-0.25, -0.2) is 15.0 Å². The second-order valence-corrected chi connectivity index (χ2v) is 11.8. The van der Waals surface area contributed by atoms with Crippen LogP contribution in [0, 0.1) is 0 Å². The quantitative estimate of drug-likeness (QED) is 0.210. The fourth-order valence-corrected chi connectivity index (χ4v) is 7.08. The van der Waals surface area contributed by atoms with E-state index < -0.39 is 5.41 Å². The zero-order valence-corrected chi connectivity index (χ0v) is 24.7. The minimum absolute atomic E-state index is 0.617. The summed E-state index contributed by atoms with van der Waals surface area (Å²) in [4.78, 5) is 15.5. The number of fused-ring (bicyclic) bond motifs is 6. The van der Waals surface area contributed by atoms with Gasteiger partial charge in [0.1, 0.15) is 5.82 Å². The zero-order valence-electron chi connectivity index (χ0n) is 24.7. The Morgan fingerprint density at radius 3 is 1.73 bits per heavy atom. The molecule has 0 amide bonds. The van der Waals surface area contributed by atoms with Crippen molar-refractivity contribution in [3.8, 4) is 39.6 Å². The molecule has 0 aliphatic heterocycles. The maximum Gasteiger partial charge on any atom is 0.163 e. The zero-order chi connectivity index (χ0) is 30.0. The largest absolute Gasteiger partial charge is 0.309 e. The summed E-state index contributed by atoms with van der Waals surface area (Å²) in [6.07, 6.45) is 0. The van der Waals surface area contributed by atoms with Crippen molar-refractivity contribution >= 4 is 21.8 Å².